The Hall–Kier alpha value is -0.810. The van der Waals surface area contributed by atoms with E-state index in [1.807, 2.05) is 13.8 Å². The topological polar surface area (TPSA) is 44.1 Å². The Morgan fingerprint density at radius 2 is 2.47 bits per heavy atom. The standard InChI is InChI=1S/C10H14N2O2S/c1-3-14-7(2)12-4-8-9(11-12)5-15-6-10(8)13/h4,7H,3,5-6H2,1-2H3. The van der Waals surface area contributed by atoms with Gasteiger partial charge in [0.15, 0.2) is 5.78 Å². The van der Waals surface area contributed by atoms with Gasteiger partial charge in [-0.25, -0.2) is 4.68 Å². The Kier molecular flexibility index (Phi) is 3.11. The molecule has 15 heavy (non-hydrogen) atoms. The van der Waals surface area contributed by atoms with E-state index >= 15 is 0 Å². The minimum atomic E-state index is -0.0987. The van der Waals surface area contributed by atoms with Gasteiger partial charge in [0.25, 0.3) is 0 Å². The molecule has 82 valence electrons. The van der Waals surface area contributed by atoms with Crippen LogP contribution in [0, 0.1) is 0 Å². The first-order chi connectivity index (χ1) is 7.22. The number of thioether (sulfide) groups is 1. The Morgan fingerprint density at radius 3 is 3.13 bits per heavy atom. The van der Waals surface area contributed by atoms with Gasteiger partial charge in [-0.15, -0.1) is 11.8 Å². The summed E-state index contributed by atoms with van der Waals surface area (Å²) in [5, 5.41) is 4.37. The first-order valence-corrected chi connectivity index (χ1v) is 6.18. The monoisotopic (exact) mass is 226 g/mol. The molecule has 1 unspecified atom stereocenters. The van der Waals surface area contributed by atoms with E-state index < -0.39 is 0 Å². The van der Waals surface area contributed by atoms with Gasteiger partial charge < -0.3 is 4.74 Å². The van der Waals surface area contributed by atoms with Gasteiger partial charge in [-0.05, 0) is 13.8 Å². The number of ketones is 1. The third-order valence-corrected chi connectivity index (χ3v) is 3.31. The molecule has 2 rings (SSSR count). The van der Waals surface area contributed by atoms with Crippen molar-refractivity contribution in [2.45, 2.75) is 25.8 Å². The zero-order valence-corrected chi connectivity index (χ0v) is 9.71. The summed E-state index contributed by atoms with van der Waals surface area (Å²) in [4.78, 5) is 11.6. The molecule has 0 N–H and O–H groups in total. The van der Waals surface area contributed by atoms with Crippen molar-refractivity contribution in [2.75, 3.05) is 12.4 Å². The summed E-state index contributed by atoms with van der Waals surface area (Å²) in [6, 6.07) is 0. The van der Waals surface area contributed by atoms with E-state index in [0.717, 1.165) is 17.0 Å². The highest BCUT2D eigenvalue weighted by atomic mass is 32.2. The molecule has 0 radical (unpaired) electrons. The summed E-state index contributed by atoms with van der Waals surface area (Å²) >= 11 is 1.62. The summed E-state index contributed by atoms with van der Waals surface area (Å²) in [5.41, 5.74) is 1.66. The molecular weight excluding hydrogens is 212 g/mol. The molecule has 0 aliphatic carbocycles. The lowest BCUT2D eigenvalue weighted by atomic mass is 10.2. The molecule has 0 amide bonds. The molecule has 1 aromatic rings. The predicted octanol–water partition coefficient (Wildman–Crippen LogP) is 1.87. The molecule has 5 heteroatoms. The van der Waals surface area contributed by atoms with Crippen LogP contribution in [0.5, 0.6) is 0 Å². The van der Waals surface area contributed by atoms with Crippen molar-refractivity contribution < 1.29 is 9.53 Å². The van der Waals surface area contributed by atoms with Crippen LogP contribution in [0.15, 0.2) is 6.20 Å². The normalized spacial score (nSPS) is 17.6. The Labute approximate surface area is 93.0 Å². The van der Waals surface area contributed by atoms with Crippen molar-refractivity contribution in [3.05, 3.63) is 17.5 Å². The quantitative estimate of drug-likeness (QED) is 0.789. The minimum absolute atomic E-state index is 0.0987. The van der Waals surface area contributed by atoms with Crippen molar-refractivity contribution in [3.63, 3.8) is 0 Å². The average Bonchev–Trinajstić information content (AvgIpc) is 2.63. The molecule has 1 aliphatic rings. The minimum Gasteiger partial charge on any atom is -0.357 e. The number of aromatic nitrogens is 2. The fraction of sp³-hybridized carbons (Fsp3) is 0.600. The Balaban J connectivity index is 2.25. The predicted molar refractivity (Wildman–Crippen MR) is 59.1 cm³/mol. The van der Waals surface area contributed by atoms with Gasteiger partial charge in [-0.2, -0.15) is 5.10 Å². The molecule has 0 saturated heterocycles. The smallest absolute Gasteiger partial charge is 0.176 e. The van der Waals surface area contributed by atoms with Crippen LogP contribution in [0.1, 0.15) is 36.1 Å². The molecule has 2 heterocycles. The van der Waals surface area contributed by atoms with E-state index in [-0.39, 0.29) is 12.0 Å². The number of Topliss-reactive ketones (excluding diaryl/α,β-unsaturated/α-hetero) is 1. The number of nitrogens with zero attached hydrogens (tertiary/aromatic N) is 2. The molecule has 0 spiro atoms. The summed E-state index contributed by atoms with van der Waals surface area (Å²) < 4.78 is 7.16. The lowest BCUT2D eigenvalue weighted by Crippen LogP contribution is -2.10. The molecule has 0 bridgehead atoms. The van der Waals surface area contributed by atoms with Crippen molar-refractivity contribution >= 4 is 17.5 Å². The fourth-order valence-electron chi connectivity index (χ4n) is 1.59. The maximum Gasteiger partial charge on any atom is 0.176 e. The van der Waals surface area contributed by atoms with Gasteiger partial charge in [0.05, 0.1) is 17.0 Å². The number of hydrogen-bond acceptors (Lipinski definition) is 4. The molecular formula is C10H14N2O2S. The molecule has 0 saturated carbocycles. The van der Waals surface area contributed by atoms with Crippen LogP contribution in [-0.4, -0.2) is 27.9 Å². The van der Waals surface area contributed by atoms with Crippen molar-refractivity contribution in [1.82, 2.24) is 9.78 Å². The van der Waals surface area contributed by atoms with Gasteiger partial charge in [0.2, 0.25) is 0 Å². The van der Waals surface area contributed by atoms with E-state index in [0.29, 0.717) is 12.4 Å². The van der Waals surface area contributed by atoms with Crippen LogP contribution in [-0.2, 0) is 10.5 Å². The zero-order valence-electron chi connectivity index (χ0n) is 8.90. The third-order valence-electron chi connectivity index (χ3n) is 2.36. The second-order valence-corrected chi connectivity index (χ2v) is 4.43. The van der Waals surface area contributed by atoms with Crippen LogP contribution >= 0.6 is 11.8 Å². The lowest BCUT2D eigenvalue weighted by molar-refractivity contribution is 0.0157. The second kappa shape index (κ2) is 4.37. The van der Waals surface area contributed by atoms with Gasteiger partial charge >= 0.3 is 0 Å². The second-order valence-electron chi connectivity index (χ2n) is 3.44. The van der Waals surface area contributed by atoms with Crippen LogP contribution in [0.4, 0.5) is 0 Å². The Bertz CT molecular complexity index is 375. The van der Waals surface area contributed by atoms with Crippen LogP contribution < -0.4 is 0 Å². The van der Waals surface area contributed by atoms with Crippen molar-refractivity contribution in [3.8, 4) is 0 Å². The van der Waals surface area contributed by atoms with Crippen LogP contribution in [0.25, 0.3) is 0 Å². The van der Waals surface area contributed by atoms with Crippen molar-refractivity contribution in [1.29, 1.82) is 0 Å². The van der Waals surface area contributed by atoms with Crippen LogP contribution in [0.3, 0.4) is 0 Å². The number of fused-ring (bicyclic) bond motifs is 1. The van der Waals surface area contributed by atoms with Gasteiger partial charge in [-0.3, -0.25) is 4.79 Å². The first-order valence-electron chi connectivity index (χ1n) is 5.03. The highest BCUT2D eigenvalue weighted by molar-refractivity contribution is 7.99. The molecule has 0 fully saturated rings. The van der Waals surface area contributed by atoms with Gasteiger partial charge in [0, 0.05) is 18.6 Å². The molecule has 0 aromatic carbocycles. The summed E-state index contributed by atoms with van der Waals surface area (Å²) in [5.74, 6) is 1.57. The van der Waals surface area contributed by atoms with E-state index in [2.05, 4.69) is 5.10 Å². The van der Waals surface area contributed by atoms with E-state index in [1.165, 1.54) is 0 Å². The van der Waals surface area contributed by atoms with Gasteiger partial charge in [0.1, 0.15) is 6.23 Å². The highest BCUT2D eigenvalue weighted by Crippen LogP contribution is 2.24. The van der Waals surface area contributed by atoms with Crippen molar-refractivity contribution in [2.24, 2.45) is 0 Å². The van der Waals surface area contributed by atoms with E-state index in [1.54, 1.807) is 22.6 Å². The number of carbonyl (C=O) groups excluding carboxylic acids is 1. The highest BCUT2D eigenvalue weighted by Gasteiger charge is 2.22. The first kappa shape index (κ1) is 10.7. The Morgan fingerprint density at radius 1 is 1.67 bits per heavy atom. The lowest BCUT2D eigenvalue weighted by Gasteiger charge is -2.11. The summed E-state index contributed by atoms with van der Waals surface area (Å²) in [7, 11) is 0. The molecule has 4 nitrogen and oxygen atoms in total. The van der Waals surface area contributed by atoms with E-state index in [9.17, 15) is 4.79 Å². The zero-order chi connectivity index (χ0) is 10.8. The van der Waals surface area contributed by atoms with E-state index in [4.69, 9.17) is 4.74 Å². The maximum absolute atomic E-state index is 11.6. The SMILES string of the molecule is CCOC(C)n1cc2c(n1)CSCC2=O. The average molecular weight is 226 g/mol. The third kappa shape index (κ3) is 2.08. The van der Waals surface area contributed by atoms with Crippen LogP contribution in [0.2, 0.25) is 0 Å². The maximum atomic E-state index is 11.6. The van der Waals surface area contributed by atoms with Gasteiger partial charge in [-0.1, -0.05) is 0 Å². The molecule has 1 aromatic heterocycles. The number of hydrogen-bond donors (Lipinski definition) is 0. The largest absolute Gasteiger partial charge is 0.357 e. The molecule has 1 aliphatic heterocycles. The summed E-state index contributed by atoms with van der Waals surface area (Å²) in [6.07, 6.45) is 1.70. The fourth-order valence-corrected chi connectivity index (χ4v) is 2.44. The number of carbonyl (C=O) groups is 1. The number of ether oxygens (including phenoxy) is 1. The molecule has 1 atom stereocenters. The number of rotatable bonds is 3. The summed E-state index contributed by atoms with van der Waals surface area (Å²) in [6.45, 7) is 4.52.